The Balaban J connectivity index is 0.000000187. The van der Waals surface area contributed by atoms with E-state index in [0.29, 0.717) is 0 Å². The van der Waals surface area contributed by atoms with Gasteiger partial charge in [-0.1, -0.05) is 32.6 Å². The molecule has 0 radical (unpaired) electrons. The Kier molecular flexibility index (Phi) is 5.90. The van der Waals surface area contributed by atoms with Crippen molar-refractivity contribution in [1.82, 2.24) is 4.90 Å². The maximum Gasteiger partial charge on any atom is 0.209 e. The Hall–Kier alpha value is -0.530. The predicted octanol–water partition coefficient (Wildman–Crippen LogP) is 1.90. The highest BCUT2D eigenvalue weighted by Gasteiger charge is 2.07. The predicted molar refractivity (Wildman–Crippen MR) is 47.4 cm³/mol. The van der Waals surface area contributed by atoms with Crippen molar-refractivity contribution >= 4 is 6.41 Å². The number of amides is 1. The van der Waals surface area contributed by atoms with E-state index >= 15 is 0 Å². The van der Waals surface area contributed by atoms with Crippen molar-refractivity contribution in [3.63, 3.8) is 0 Å². The third-order valence-corrected chi connectivity index (χ3v) is 1.85. The van der Waals surface area contributed by atoms with Gasteiger partial charge in [0.25, 0.3) is 0 Å². The van der Waals surface area contributed by atoms with Crippen molar-refractivity contribution in [2.75, 3.05) is 14.1 Å². The normalized spacial score (nSPS) is 17.0. The van der Waals surface area contributed by atoms with Crippen LogP contribution < -0.4 is 0 Å². The summed E-state index contributed by atoms with van der Waals surface area (Å²) in [5, 5.41) is 0. The Labute approximate surface area is 69.6 Å². The lowest BCUT2D eigenvalue weighted by Gasteiger charge is -1.93. The molecule has 1 aliphatic carbocycles. The zero-order valence-electron chi connectivity index (χ0n) is 7.84. The van der Waals surface area contributed by atoms with Gasteiger partial charge in [0.2, 0.25) is 6.41 Å². The molecule has 2 heteroatoms. The van der Waals surface area contributed by atoms with Gasteiger partial charge in [-0.2, -0.15) is 0 Å². The van der Waals surface area contributed by atoms with Crippen molar-refractivity contribution in [1.29, 1.82) is 0 Å². The zero-order chi connectivity index (χ0) is 8.69. The van der Waals surface area contributed by atoms with Gasteiger partial charge in [0.05, 0.1) is 0 Å². The highest BCUT2D eigenvalue weighted by Crippen LogP contribution is 2.22. The molecule has 1 saturated carbocycles. The highest BCUT2D eigenvalue weighted by atomic mass is 16.1. The first-order valence-electron chi connectivity index (χ1n) is 4.28. The van der Waals surface area contributed by atoms with E-state index < -0.39 is 0 Å². The second-order valence-electron chi connectivity index (χ2n) is 3.46. The molecule has 0 aromatic carbocycles. The molecule has 1 rings (SSSR count). The zero-order valence-corrected chi connectivity index (χ0v) is 7.84. The third-order valence-electron chi connectivity index (χ3n) is 1.85. The average Bonchev–Trinajstić information content (AvgIpc) is 2.41. The molecule has 0 aromatic heterocycles. The van der Waals surface area contributed by atoms with Crippen LogP contribution in [0.15, 0.2) is 0 Å². The van der Waals surface area contributed by atoms with Crippen LogP contribution in [0.3, 0.4) is 0 Å². The molecule has 0 heterocycles. The fourth-order valence-electron chi connectivity index (χ4n) is 1.13. The average molecular weight is 157 g/mol. The van der Waals surface area contributed by atoms with Crippen LogP contribution in [0.1, 0.15) is 32.6 Å². The minimum Gasteiger partial charge on any atom is -0.351 e. The molecule has 0 saturated heterocycles. The van der Waals surface area contributed by atoms with Gasteiger partial charge in [-0.15, -0.1) is 0 Å². The van der Waals surface area contributed by atoms with E-state index in [4.69, 9.17) is 0 Å². The van der Waals surface area contributed by atoms with Crippen LogP contribution in [-0.4, -0.2) is 25.4 Å². The minimum atomic E-state index is 0.750. The summed E-state index contributed by atoms with van der Waals surface area (Å²) in [6.07, 6.45) is 6.70. The Bertz CT molecular complexity index is 95.7. The van der Waals surface area contributed by atoms with Gasteiger partial charge in [-0.25, -0.2) is 0 Å². The quantitative estimate of drug-likeness (QED) is 0.532. The molecule has 0 aliphatic heterocycles. The van der Waals surface area contributed by atoms with E-state index in [1.807, 2.05) is 0 Å². The highest BCUT2D eigenvalue weighted by molar-refractivity contribution is 5.45. The first kappa shape index (κ1) is 10.5. The van der Waals surface area contributed by atoms with Gasteiger partial charge in [0.15, 0.2) is 0 Å². The Morgan fingerprint density at radius 3 is 1.73 bits per heavy atom. The molecule has 0 atom stereocenters. The van der Waals surface area contributed by atoms with E-state index in [1.165, 1.54) is 30.6 Å². The fraction of sp³-hybridized carbons (Fsp3) is 0.889. The molecule has 11 heavy (non-hydrogen) atoms. The number of hydrogen-bond donors (Lipinski definition) is 0. The summed E-state index contributed by atoms with van der Waals surface area (Å²) >= 11 is 0. The molecule has 1 aliphatic rings. The number of hydrogen-bond acceptors (Lipinski definition) is 1. The minimum absolute atomic E-state index is 0.750. The molecular weight excluding hydrogens is 138 g/mol. The van der Waals surface area contributed by atoms with E-state index in [9.17, 15) is 4.79 Å². The van der Waals surface area contributed by atoms with Crippen LogP contribution in [0, 0.1) is 5.92 Å². The summed E-state index contributed by atoms with van der Waals surface area (Å²) in [5.74, 6) is 1.05. The second kappa shape index (κ2) is 6.20. The van der Waals surface area contributed by atoms with E-state index in [0.717, 1.165) is 12.3 Å². The first-order valence-corrected chi connectivity index (χ1v) is 4.28. The van der Waals surface area contributed by atoms with Gasteiger partial charge >= 0.3 is 0 Å². The van der Waals surface area contributed by atoms with Crippen molar-refractivity contribution in [3.8, 4) is 0 Å². The van der Waals surface area contributed by atoms with Crippen LogP contribution in [0.5, 0.6) is 0 Å². The van der Waals surface area contributed by atoms with Gasteiger partial charge in [0, 0.05) is 14.1 Å². The summed E-state index contributed by atoms with van der Waals surface area (Å²) < 4.78 is 0. The molecule has 0 bridgehead atoms. The van der Waals surface area contributed by atoms with Crippen LogP contribution in [0.4, 0.5) is 0 Å². The van der Waals surface area contributed by atoms with Crippen molar-refractivity contribution in [3.05, 3.63) is 0 Å². The van der Waals surface area contributed by atoms with E-state index in [-0.39, 0.29) is 0 Å². The topological polar surface area (TPSA) is 20.3 Å². The maximum absolute atomic E-state index is 9.43. The molecule has 2 nitrogen and oxygen atoms in total. The molecular formula is C9H19NO. The molecule has 66 valence electrons. The van der Waals surface area contributed by atoms with E-state index in [1.54, 1.807) is 14.1 Å². The van der Waals surface area contributed by atoms with Crippen LogP contribution in [0.25, 0.3) is 0 Å². The summed E-state index contributed by atoms with van der Waals surface area (Å²) in [6.45, 7) is 2.34. The van der Waals surface area contributed by atoms with E-state index in [2.05, 4.69) is 6.92 Å². The number of rotatable bonds is 1. The number of nitrogens with zero attached hydrogens (tertiary/aromatic N) is 1. The molecule has 0 N–H and O–H groups in total. The molecule has 1 amide bonds. The summed E-state index contributed by atoms with van der Waals surface area (Å²) in [7, 11) is 3.38. The lowest BCUT2D eigenvalue weighted by atomic mass is 10.2. The summed E-state index contributed by atoms with van der Waals surface area (Å²) in [5.41, 5.74) is 0. The van der Waals surface area contributed by atoms with Crippen LogP contribution >= 0.6 is 0 Å². The van der Waals surface area contributed by atoms with Crippen LogP contribution in [0.2, 0.25) is 0 Å². The van der Waals surface area contributed by atoms with Crippen LogP contribution in [-0.2, 0) is 4.79 Å². The first-order chi connectivity index (χ1) is 5.16. The second-order valence-corrected chi connectivity index (χ2v) is 3.46. The lowest BCUT2D eigenvalue weighted by Crippen LogP contribution is -2.06. The molecule has 1 fully saturated rings. The maximum atomic E-state index is 9.43. The largest absolute Gasteiger partial charge is 0.351 e. The molecule has 0 spiro atoms. The Morgan fingerprint density at radius 2 is 1.64 bits per heavy atom. The SMILES string of the molecule is CC1CCCC1.CN(C)C=O. The summed E-state index contributed by atoms with van der Waals surface area (Å²) in [6, 6.07) is 0. The monoisotopic (exact) mass is 157 g/mol. The lowest BCUT2D eigenvalue weighted by molar-refractivity contribution is -0.115. The molecule has 0 unspecified atom stereocenters. The smallest absolute Gasteiger partial charge is 0.209 e. The summed E-state index contributed by atoms with van der Waals surface area (Å²) in [4.78, 5) is 10.9. The van der Waals surface area contributed by atoms with Crippen molar-refractivity contribution in [2.45, 2.75) is 32.6 Å². The fourth-order valence-corrected chi connectivity index (χ4v) is 1.13. The van der Waals surface area contributed by atoms with Gasteiger partial charge < -0.3 is 4.90 Å². The number of carbonyl (C=O) groups excluding carboxylic acids is 1. The van der Waals surface area contributed by atoms with Gasteiger partial charge in [-0.3, -0.25) is 4.79 Å². The van der Waals surface area contributed by atoms with Gasteiger partial charge in [0.1, 0.15) is 0 Å². The molecule has 0 aromatic rings. The standard InChI is InChI=1S/C6H12.C3H7NO/c1-6-4-2-3-5-6;1-4(2)3-5/h6H,2-5H2,1H3;3H,1-2H3. The van der Waals surface area contributed by atoms with Crippen molar-refractivity contribution < 1.29 is 4.79 Å². The Morgan fingerprint density at radius 1 is 1.27 bits per heavy atom. The van der Waals surface area contributed by atoms with Gasteiger partial charge in [-0.05, 0) is 5.92 Å². The van der Waals surface area contributed by atoms with Crippen molar-refractivity contribution in [2.24, 2.45) is 5.92 Å². The third kappa shape index (κ3) is 7.37. The number of carbonyl (C=O) groups is 1.